The van der Waals surface area contributed by atoms with Crippen LogP contribution in [0, 0.1) is 18.3 Å². The summed E-state index contributed by atoms with van der Waals surface area (Å²) in [7, 11) is 1.99. The molecular formula is C8H13N. The third-order valence-electron chi connectivity index (χ3n) is 1.90. The minimum absolute atomic E-state index is 0.593. The van der Waals surface area contributed by atoms with Crippen LogP contribution in [0.1, 0.15) is 19.3 Å². The molecule has 1 saturated carbocycles. The van der Waals surface area contributed by atoms with Gasteiger partial charge in [-0.15, -0.1) is 12.3 Å². The summed E-state index contributed by atoms with van der Waals surface area (Å²) < 4.78 is 0. The summed E-state index contributed by atoms with van der Waals surface area (Å²) in [4.78, 5) is 0. The van der Waals surface area contributed by atoms with Crippen LogP contribution in [0.25, 0.3) is 0 Å². The largest absolute Gasteiger partial charge is 0.316 e. The Kier molecular flexibility index (Phi) is 2.13. The van der Waals surface area contributed by atoms with Crippen molar-refractivity contribution in [2.75, 3.05) is 7.05 Å². The molecule has 50 valence electrons. The molecule has 0 amide bonds. The van der Waals surface area contributed by atoms with E-state index in [0.29, 0.717) is 6.04 Å². The van der Waals surface area contributed by atoms with Crippen molar-refractivity contribution in [3.05, 3.63) is 0 Å². The highest BCUT2D eigenvalue weighted by Crippen LogP contribution is 2.33. The molecule has 0 saturated heterocycles. The van der Waals surface area contributed by atoms with E-state index in [2.05, 4.69) is 11.2 Å². The molecule has 1 aliphatic carbocycles. The lowest BCUT2D eigenvalue weighted by Gasteiger charge is -2.09. The highest BCUT2D eigenvalue weighted by molar-refractivity contribution is 4.95. The number of hydrogen-bond donors (Lipinski definition) is 1. The van der Waals surface area contributed by atoms with E-state index in [0.717, 1.165) is 12.3 Å². The molecule has 0 aromatic rings. The molecule has 1 atom stereocenters. The van der Waals surface area contributed by atoms with Gasteiger partial charge in [0, 0.05) is 12.5 Å². The lowest BCUT2D eigenvalue weighted by Crippen LogP contribution is -2.26. The van der Waals surface area contributed by atoms with Gasteiger partial charge in [0.2, 0.25) is 0 Å². The molecule has 1 nitrogen and oxygen atoms in total. The zero-order valence-electron chi connectivity index (χ0n) is 5.85. The summed E-state index contributed by atoms with van der Waals surface area (Å²) >= 11 is 0. The lowest BCUT2D eigenvalue weighted by molar-refractivity contribution is 0.514. The van der Waals surface area contributed by atoms with Crippen LogP contribution in [0.3, 0.4) is 0 Å². The summed E-state index contributed by atoms with van der Waals surface area (Å²) in [6.07, 6.45) is 8.81. The Balaban J connectivity index is 2.22. The Hall–Kier alpha value is -0.480. The maximum Gasteiger partial charge on any atom is 0.0243 e. The van der Waals surface area contributed by atoms with E-state index in [4.69, 9.17) is 6.42 Å². The van der Waals surface area contributed by atoms with Crippen LogP contribution < -0.4 is 5.32 Å². The summed E-state index contributed by atoms with van der Waals surface area (Å²) in [6, 6.07) is 0.593. The molecule has 1 aliphatic rings. The van der Waals surface area contributed by atoms with Crippen LogP contribution >= 0.6 is 0 Å². The van der Waals surface area contributed by atoms with Gasteiger partial charge in [-0.1, -0.05) is 0 Å². The predicted octanol–water partition coefficient (Wildman–Crippen LogP) is 1.01. The first-order valence-corrected chi connectivity index (χ1v) is 3.49. The minimum atomic E-state index is 0.593. The van der Waals surface area contributed by atoms with Gasteiger partial charge in [-0.2, -0.15) is 0 Å². The van der Waals surface area contributed by atoms with Gasteiger partial charge < -0.3 is 5.32 Å². The molecule has 0 aliphatic heterocycles. The Morgan fingerprint density at radius 1 is 1.78 bits per heavy atom. The van der Waals surface area contributed by atoms with Crippen molar-refractivity contribution in [1.82, 2.24) is 5.32 Å². The average Bonchev–Trinajstić information content (AvgIpc) is 2.64. The van der Waals surface area contributed by atoms with Gasteiger partial charge in [0.1, 0.15) is 0 Å². The lowest BCUT2D eigenvalue weighted by atomic mass is 10.1. The van der Waals surface area contributed by atoms with Crippen LogP contribution in [-0.4, -0.2) is 13.1 Å². The first kappa shape index (κ1) is 6.64. The van der Waals surface area contributed by atoms with E-state index in [1.807, 2.05) is 7.05 Å². The van der Waals surface area contributed by atoms with Crippen molar-refractivity contribution in [3.63, 3.8) is 0 Å². The Morgan fingerprint density at radius 3 is 2.78 bits per heavy atom. The molecule has 9 heavy (non-hydrogen) atoms. The fourth-order valence-corrected chi connectivity index (χ4v) is 1.13. The predicted molar refractivity (Wildman–Crippen MR) is 39.0 cm³/mol. The SMILES string of the molecule is C#CCC(NC)C1CC1. The number of hydrogen-bond acceptors (Lipinski definition) is 1. The van der Waals surface area contributed by atoms with Crippen LogP contribution in [0.4, 0.5) is 0 Å². The highest BCUT2D eigenvalue weighted by Gasteiger charge is 2.28. The molecule has 0 aromatic heterocycles. The summed E-state index contributed by atoms with van der Waals surface area (Å²) in [5, 5.41) is 3.22. The van der Waals surface area contributed by atoms with E-state index < -0.39 is 0 Å². The van der Waals surface area contributed by atoms with E-state index in [1.165, 1.54) is 12.8 Å². The standard InChI is InChI=1S/C8H13N/c1-3-4-8(9-2)7-5-6-7/h1,7-9H,4-6H2,2H3. The summed E-state index contributed by atoms with van der Waals surface area (Å²) in [5.74, 6) is 3.56. The van der Waals surface area contributed by atoms with Crippen molar-refractivity contribution in [1.29, 1.82) is 0 Å². The smallest absolute Gasteiger partial charge is 0.0243 e. The Morgan fingerprint density at radius 2 is 2.44 bits per heavy atom. The molecule has 0 bridgehead atoms. The topological polar surface area (TPSA) is 12.0 Å². The first-order chi connectivity index (χ1) is 4.38. The monoisotopic (exact) mass is 123 g/mol. The van der Waals surface area contributed by atoms with Gasteiger partial charge in [0.25, 0.3) is 0 Å². The highest BCUT2D eigenvalue weighted by atomic mass is 14.9. The third kappa shape index (κ3) is 1.73. The zero-order chi connectivity index (χ0) is 6.69. The number of terminal acetylenes is 1. The number of rotatable bonds is 3. The minimum Gasteiger partial charge on any atom is -0.316 e. The van der Waals surface area contributed by atoms with E-state index in [1.54, 1.807) is 0 Å². The number of nitrogens with one attached hydrogen (secondary N) is 1. The molecule has 1 fully saturated rings. The second-order valence-electron chi connectivity index (χ2n) is 2.64. The summed E-state index contributed by atoms with van der Waals surface area (Å²) in [5.41, 5.74) is 0. The fraction of sp³-hybridized carbons (Fsp3) is 0.750. The maximum absolute atomic E-state index is 5.18. The van der Waals surface area contributed by atoms with Gasteiger partial charge in [-0.05, 0) is 25.8 Å². The molecule has 0 radical (unpaired) electrons. The van der Waals surface area contributed by atoms with Gasteiger partial charge >= 0.3 is 0 Å². The van der Waals surface area contributed by atoms with Crippen LogP contribution in [0.2, 0.25) is 0 Å². The Bertz CT molecular complexity index is 119. The molecule has 0 spiro atoms. The van der Waals surface area contributed by atoms with Gasteiger partial charge in [0.05, 0.1) is 0 Å². The van der Waals surface area contributed by atoms with Crippen LogP contribution in [-0.2, 0) is 0 Å². The van der Waals surface area contributed by atoms with E-state index in [-0.39, 0.29) is 0 Å². The van der Waals surface area contributed by atoms with Gasteiger partial charge in [-0.25, -0.2) is 0 Å². The van der Waals surface area contributed by atoms with E-state index in [9.17, 15) is 0 Å². The average molecular weight is 123 g/mol. The zero-order valence-corrected chi connectivity index (χ0v) is 5.85. The Labute approximate surface area is 56.8 Å². The van der Waals surface area contributed by atoms with Gasteiger partial charge in [-0.3, -0.25) is 0 Å². The molecular weight excluding hydrogens is 110 g/mol. The normalized spacial score (nSPS) is 20.9. The van der Waals surface area contributed by atoms with Crippen LogP contribution in [0.15, 0.2) is 0 Å². The van der Waals surface area contributed by atoms with Crippen molar-refractivity contribution in [3.8, 4) is 12.3 Å². The van der Waals surface area contributed by atoms with Crippen molar-refractivity contribution in [2.24, 2.45) is 5.92 Å². The second kappa shape index (κ2) is 2.89. The first-order valence-electron chi connectivity index (χ1n) is 3.49. The quantitative estimate of drug-likeness (QED) is 0.552. The van der Waals surface area contributed by atoms with E-state index >= 15 is 0 Å². The second-order valence-corrected chi connectivity index (χ2v) is 2.64. The molecule has 1 unspecified atom stereocenters. The maximum atomic E-state index is 5.18. The van der Waals surface area contributed by atoms with Crippen molar-refractivity contribution >= 4 is 0 Å². The molecule has 0 heterocycles. The summed E-state index contributed by atoms with van der Waals surface area (Å²) in [6.45, 7) is 0. The molecule has 1 heteroatoms. The van der Waals surface area contributed by atoms with Crippen LogP contribution in [0.5, 0.6) is 0 Å². The van der Waals surface area contributed by atoms with Crippen molar-refractivity contribution < 1.29 is 0 Å². The third-order valence-corrected chi connectivity index (χ3v) is 1.90. The fourth-order valence-electron chi connectivity index (χ4n) is 1.13. The van der Waals surface area contributed by atoms with Gasteiger partial charge in [0.15, 0.2) is 0 Å². The molecule has 1 rings (SSSR count). The molecule has 1 N–H and O–H groups in total. The van der Waals surface area contributed by atoms with Crippen molar-refractivity contribution in [2.45, 2.75) is 25.3 Å². The molecule has 0 aromatic carbocycles.